The first kappa shape index (κ1) is 14.0. The Kier molecular flexibility index (Phi) is 11.0. The summed E-state index contributed by atoms with van der Waals surface area (Å²) in [5, 5.41) is 0. The van der Waals surface area contributed by atoms with E-state index in [0.717, 1.165) is 19.6 Å². The molecule has 1 heteroatoms. The monoisotopic (exact) mass is 199 g/mol. The van der Waals surface area contributed by atoms with Crippen LogP contribution in [0.2, 0.25) is 0 Å². The number of rotatable bonds is 10. The average molecular weight is 199 g/mol. The van der Waals surface area contributed by atoms with Crippen molar-refractivity contribution < 1.29 is 4.74 Å². The molecule has 0 amide bonds. The summed E-state index contributed by atoms with van der Waals surface area (Å²) in [4.78, 5) is 0. The average Bonchev–Trinajstić information content (AvgIpc) is 2.15. The Bertz CT molecular complexity index is 99.4. The molecule has 14 heavy (non-hydrogen) atoms. The first-order valence-electron chi connectivity index (χ1n) is 6.14. The number of unbranched alkanes of at least 4 members (excludes halogenated alkanes) is 6. The lowest BCUT2D eigenvalue weighted by atomic mass is 10.1. The molecule has 0 bridgehead atoms. The Morgan fingerprint density at radius 1 is 0.929 bits per heavy atom. The van der Waals surface area contributed by atoms with E-state index < -0.39 is 0 Å². The van der Waals surface area contributed by atoms with Crippen LogP contribution in [0.3, 0.4) is 0 Å². The molecule has 0 unspecified atom stereocenters. The van der Waals surface area contributed by atoms with Crippen molar-refractivity contribution in [2.75, 3.05) is 13.2 Å². The summed E-state index contributed by atoms with van der Waals surface area (Å²) < 4.78 is 5.51. The van der Waals surface area contributed by atoms with Crippen molar-refractivity contribution in [2.45, 2.75) is 58.8 Å². The van der Waals surface area contributed by atoms with Gasteiger partial charge in [0.15, 0.2) is 0 Å². The quantitative estimate of drug-likeness (QED) is 0.479. The molecule has 85 valence electrons. The van der Waals surface area contributed by atoms with E-state index in [4.69, 9.17) is 4.74 Å². The van der Waals surface area contributed by atoms with E-state index in [1.807, 2.05) is 0 Å². The molecule has 0 aromatic rings. The molecule has 1 nitrogen and oxygen atoms in total. The number of ether oxygens (including phenoxy) is 1. The van der Waals surface area contributed by atoms with E-state index in [2.05, 4.69) is 20.8 Å². The Morgan fingerprint density at radius 3 is 2.07 bits per heavy atom. The van der Waals surface area contributed by atoms with E-state index in [-0.39, 0.29) is 0 Å². The van der Waals surface area contributed by atoms with Crippen LogP contribution in [-0.4, -0.2) is 13.2 Å². The van der Waals surface area contributed by atoms with Gasteiger partial charge in [0, 0.05) is 13.2 Å². The summed E-state index contributed by atoms with van der Waals surface area (Å²) in [6, 6.07) is 0. The molecule has 0 fully saturated rings. The second-order valence-corrected chi connectivity index (χ2v) is 4.44. The summed E-state index contributed by atoms with van der Waals surface area (Å²) in [6.07, 6.45) is 9.05. The third-order valence-corrected chi connectivity index (χ3v) is 2.24. The third kappa shape index (κ3) is 12.0. The lowest BCUT2D eigenvalue weighted by molar-refractivity contribution is 0.106. The summed E-state index contributed by atoms with van der Waals surface area (Å²) in [6.45, 7) is 10.1. The van der Waals surface area contributed by atoms with E-state index in [1.165, 1.54) is 38.5 Å². The van der Waals surface area contributed by atoms with Crippen LogP contribution in [0.5, 0.6) is 0 Å². The van der Waals surface area contributed by atoms with Crippen LogP contribution < -0.4 is 0 Å². The Labute approximate surface area is 90.2 Å². The van der Waals surface area contributed by atoms with E-state index in [9.17, 15) is 0 Å². The van der Waals surface area contributed by atoms with Gasteiger partial charge in [-0.1, -0.05) is 59.3 Å². The fraction of sp³-hybridized carbons (Fsp3) is 0.923. The SMILES string of the molecule is [CH2]CCCCCCCCOCC(C)C. The van der Waals surface area contributed by atoms with Crippen molar-refractivity contribution in [3.63, 3.8) is 0 Å². The van der Waals surface area contributed by atoms with Gasteiger partial charge in [0.2, 0.25) is 0 Å². The number of hydrogen-bond acceptors (Lipinski definition) is 1. The maximum absolute atomic E-state index is 5.51. The Balaban J connectivity index is 2.85. The van der Waals surface area contributed by atoms with Gasteiger partial charge in [-0.05, 0) is 12.3 Å². The zero-order chi connectivity index (χ0) is 10.6. The fourth-order valence-electron chi connectivity index (χ4n) is 1.41. The molecule has 0 spiro atoms. The van der Waals surface area contributed by atoms with Crippen LogP contribution in [0.4, 0.5) is 0 Å². The van der Waals surface area contributed by atoms with Crippen molar-refractivity contribution in [3.8, 4) is 0 Å². The molecular weight excluding hydrogens is 172 g/mol. The van der Waals surface area contributed by atoms with Crippen molar-refractivity contribution in [1.82, 2.24) is 0 Å². The second kappa shape index (κ2) is 11.0. The minimum absolute atomic E-state index is 0.673. The molecule has 0 saturated heterocycles. The smallest absolute Gasteiger partial charge is 0.0488 e. The van der Waals surface area contributed by atoms with E-state index in [1.54, 1.807) is 0 Å². The van der Waals surface area contributed by atoms with Gasteiger partial charge in [-0.15, -0.1) is 0 Å². The molecule has 0 atom stereocenters. The lowest BCUT2D eigenvalue weighted by Crippen LogP contribution is -2.02. The maximum atomic E-state index is 5.51. The van der Waals surface area contributed by atoms with Gasteiger partial charge in [-0.25, -0.2) is 0 Å². The highest BCUT2D eigenvalue weighted by molar-refractivity contribution is 4.47. The van der Waals surface area contributed by atoms with Crippen LogP contribution in [0.1, 0.15) is 58.8 Å². The molecule has 1 radical (unpaired) electrons. The predicted octanol–water partition coefficient (Wildman–Crippen LogP) is 4.22. The first-order chi connectivity index (χ1) is 6.77. The lowest BCUT2D eigenvalue weighted by Gasteiger charge is -2.06. The minimum Gasteiger partial charge on any atom is -0.381 e. The molecule has 0 aliphatic carbocycles. The van der Waals surface area contributed by atoms with Gasteiger partial charge in [0.05, 0.1) is 0 Å². The molecular formula is C13H27O. The van der Waals surface area contributed by atoms with Gasteiger partial charge >= 0.3 is 0 Å². The Hall–Kier alpha value is -0.0400. The third-order valence-electron chi connectivity index (χ3n) is 2.24. The van der Waals surface area contributed by atoms with Gasteiger partial charge in [0.1, 0.15) is 0 Å². The van der Waals surface area contributed by atoms with Crippen molar-refractivity contribution >= 4 is 0 Å². The predicted molar refractivity (Wildman–Crippen MR) is 63.3 cm³/mol. The summed E-state index contributed by atoms with van der Waals surface area (Å²) >= 11 is 0. The summed E-state index contributed by atoms with van der Waals surface area (Å²) in [5.41, 5.74) is 0. The molecule has 0 saturated carbocycles. The van der Waals surface area contributed by atoms with Gasteiger partial charge in [0.25, 0.3) is 0 Å². The maximum Gasteiger partial charge on any atom is 0.0488 e. The molecule has 0 aliphatic rings. The number of hydrogen-bond donors (Lipinski definition) is 0. The normalized spacial score (nSPS) is 11.1. The van der Waals surface area contributed by atoms with Crippen molar-refractivity contribution in [3.05, 3.63) is 6.92 Å². The zero-order valence-corrected chi connectivity index (χ0v) is 10.1. The Morgan fingerprint density at radius 2 is 1.50 bits per heavy atom. The van der Waals surface area contributed by atoms with E-state index >= 15 is 0 Å². The molecule has 0 aromatic carbocycles. The van der Waals surface area contributed by atoms with Crippen LogP contribution in [0.25, 0.3) is 0 Å². The van der Waals surface area contributed by atoms with Gasteiger partial charge in [-0.3, -0.25) is 0 Å². The summed E-state index contributed by atoms with van der Waals surface area (Å²) in [7, 11) is 0. The van der Waals surface area contributed by atoms with Crippen molar-refractivity contribution in [1.29, 1.82) is 0 Å². The highest BCUT2D eigenvalue weighted by Gasteiger charge is 1.94. The topological polar surface area (TPSA) is 9.23 Å². The zero-order valence-electron chi connectivity index (χ0n) is 10.1. The highest BCUT2D eigenvalue weighted by Crippen LogP contribution is 2.06. The van der Waals surface area contributed by atoms with E-state index in [0.29, 0.717) is 5.92 Å². The fourth-order valence-corrected chi connectivity index (χ4v) is 1.41. The van der Waals surface area contributed by atoms with Crippen LogP contribution in [0.15, 0.2) is 0 Å². The first-order valence-corrected chi connectivity index (χ1v) is 6.14. The minimum atomic E-state index is 0.673. The second-order valence-electron chi connectivity index (χ2n) is 4.44. The largest absolute Gasteiger partial charge is 0.381 e. The van der Waals surface area contributed by atoms with Crippen molar-refractivity contribution in [2.24, 2.45) is 5.92 Å². The standard InChI is InChI=1S/C13H27O/c1-4-5-6-7-8-9-10-11-14-12-13(2)3/h13H,1,4-12H2,2-3H3. The summed E-state index contributed by atoms with van der Waals surface area (Å²) in [5.74, 6) is 0.673. The van der Waals surface area contributed by atoms with Crippen LogP contribution in [0, 0.1) is 12.8 Å². The molecule has 0 heterocycles. The molecule has 0 N–H and O–H groups in total. The molecule has 0 rings (SSSR count). The van der Waals surface area contributed by atoms with Gasteiger partial charge in [-0.2, -0.15) is 0 Å². The van der Waals surface area contributed by atoms with Crippen LogP contribution in [-0.2, 0) is 4.74 Å². The van der Waals surface area contributed by atoms with Crippen LogP contribution >= 0.6 is 0 Å². The molecule has 0 aromatic heterocycles. The van der Waals surface area contributed by atoms with Gasteiger partial charge < -0.3 is 4.74 Å². The molecule has 0 aliphatic heterocycles. The highest BCUT2D eigenvalue weighted by atomic mass is 16.5.